The summed E-state index contributed by atoms with van der Waals surface area (Å²) < 4.78 is 0. The van der Waals surface area contributed by atoms with Gasteiger partial charge in [-0.3, -0.25) is 9.69 Å². The summed E-state index contributed by atoms with van der Waals surface area (Å²) in [5.74, 6) is -0.524. The van der Waals surface area contributed by atoms with Crippen LogP contribution in [0.4, 0.5) is 0 Å². The molecule has 0 saturated heterocycles. The zero-order valence-electron chi connectivity index (χ0n) is 9.36. The van der Waals surface area contributed by atoms with E-state index in [2.05, 4.69) is 28.0 Å². The van der Waals surface area contributed by atoms with Gasteiger partial charge in [-0.1, -0.05) is 6.92 Å². The number of carbonyl (C=O) groups is 1. The van der Waals surface area contributed by atoms with Crippen LogP contribution in [0.5, 0.6) is 0 Å². The molecule has 0 aliphatic carbocycles. The van der Waals surface area contributed by atoms with Crippen LogP contribution in [0.1, 0.15) is 35.2 Å². The van der Waals surface area contributed by atoms with Crippen LogP contribution in [-0.2, 0) is 13.0 Å². The Hall–Kier alpha value is -1.49. The van der Waals surface area contributed by atoms with Crippen molar-refractivity contribution in [3.63, 3.8) is 0 Å². The maximum absolute atomic E-state index is 11.0. The number of aromatic nitrogens is 2. The number of nitrogens with two attached hydrogens (primary N) is 1. The van der Waals surface area contributed by atoms with Crippen LogP contribution >= 0.6 is 0 Å². The summed E-state index contributed by atoms with van der Waals surface area (Å²) in [5, 5.41) is 0. The molecule has 16 heavy (non-hydrogen) atoms. The molecule has 1 aliphatic heterocycles. The number of hydrogen-bond donors (Lipinski definition) is 1. The minimum Gasteiger partial charge on any atom is -0.363 e. The van der Waals surface area contributed by atoms with Gasteiger partial charge in [-0.2, -0.15) is 0 Å². The average molecular weight is 219 g/mol. The lowest BCUT2D eigenvalue weighted by atomic mass is 10.1. The van der Waals surface area contributed by atoms with Crippen molar-refractivity contribution in [2.45, 2.75) is 26.3 Å². The number of hydrogen-bond acceptors (Lipinski definition) is 4. The minimum absolute atomic E-state index is 0.0668. The number of nitrogens with zero attached hydrogens (tertiary/aromatic N) is 3. The highest BCUT2D eigenvalue weighted by Gasteiger charge is 2.19. The number of rotatable bonds is 3. The topological polar surface area (TPSA) is 72.1 Å². The van der Waals surface area contributed by atoms with Gasteiger partial charge in [0.15, 0.2) is 0 Å². The van der Waals surface area contributed by atoms with Gasteiger partial charge in [0, 0.05) is 18.7 Å². The molecule has 5 nitrogen and oxygen atoms in total. The van der Waals surface area contributed by atoms with E-state index in [1.165, 1.54) is 0 Å². The van der Waals surface area contributed by atoms with Gasteiger partial charge >= 0.3 is 0 Å². The lowest BCUT2D eigenvalue weighted by Gasteiger charge is -2.26. The molecule has 0 aromatic carbocycles. The van der Waals surface area contributed by atoms with Crippen molar-refractivity contribution >= 4 is 5.91 Å². The van der Waals surface area contributed by atoms with Gasteiger partial charge in [0.1, 0.15) is 0 Å². The van der Waals surface area contributed by atoms with Crippen molar-refractivity contribution < 1.29 is 4.79 Å². The molecule has 1 aromatic heterocycles. The number of primary amides is 1. The molecular weight excluding hydrogens is 204 g/mol. The SMILES string of the molecule is CCCN1CCc2[c]nc(C(N)=O)nc2C1. The normalized spacial score (nSPS) is 15.8. The van der Waals surface area contributed by atoms with E-state index in [4.69, 9.17) is 5.73 Å². The fraction of sp³-hybridized carbons (Fsp3) is 0.545. The Labute approximate surface area is 94.7 Å². The minimum atomic E-state index is -0.591. The summed E-state index contributed by atoms with van der Waals surface area (Å²) in [7, 11) is 0. The van der Waals surface area contributed by atoms with Crippen molar-refractivity contribution in [1.29, 1.82) is 0 Å². The summed E-state index contributed by atoms with van der Waals surface area (Å²) in [6, 6.07) is 0. The monoisotopic (exact) mass is 219 g/mol. The summed E-state index contributed by atoms with van der Waals surface area (Å²) >= 11 is 0. The fourth-order valence-corrected chi connectivity index (χ4v) is 1.91. The number of carbonyl (C=O) groups excluding carboxylic acids is 1. The predicted molar refractivity (Wildman–Crippen MR) is 58.7 cm³/mol. The van der Waals surface area contributed by atoms with Crippen molar-refractivity contribution in [1.82, 2.24) is 14.9 Å². The van der Waals surface area contributed by atoms with E-state index < -0.39 is 5.91 Å². The van der Waals surface area contributed by atoms with E-state index in [0.717, 1.165) is 43.7 Å². The van der Waals surface area contributed by atoms with Gasteiger partial charge in [-0.05, 0) is 19.4 Å². The Kier molecular flexibility index (Phi) is 3.14. The molecular formula is C11H15N4O. The highest BCUT2D eigenvalue weighted by molar-refractivity contribution is 5.88. The molecule has 0 spiro atoms. The van der Waals surface area contributed by atoms with Crippen molar-refractivity contribution in [2.24, 2.45) is 5.73 Å². The second-order valence-corrected chi connectivity index (χ2v) is 3.97. The van der Waals surface area contributed by atoms with Crippen LogP contribution in [0.2, 0.25) is 0 Å². The van der Waals surface area contributed by atoms with Crippen LogP contribution in [0.3, 0.4) is 0 Å². The van der Waals surface area contributed by atoms with E-state index in [0.29, 0.717) is 0 Å². The summed E-state index contributed by atoms with van der Waals surface area (Å²) in [6.07, 6.45) is 4.88. The Morgan fingerprint density at radius 2 is 2.44 bits per heavy atom. The van der Waals surface area contributed by atoms with Gasteiger partial charge in [0.25, 0.3) is 5.91 Å². The van der Waals surface area contributed by atoms with E-state index in [1.807, 2.05) is 0 Å². The van der Waals surface area contributed by atoms with Crippen molar-refractivity contribution in [2.75, 3.05) is 13.1 Å². The first-order valence-corrected chi connectivity index (χ1v) is 5.50. The quantitative estimate of drug-likeness (QED) is 0.785. The Morgan fingerprint density at radius 3 is 3.12 bits per heavy atom. The van der Waals surface area contributed by atoms with Crippen LogP contribution in [0.25, 0.3) is 0 Å². The molecule has 0 saturated carbocycles. The summed E-state index contributed by atoms with van der Waals surface area (Å²) in [4.78, 5) is 21.3. The van der Waals surface area contributed by atoms with E-state index in [1.54, 1.807) is 0 Å². The number of amides is 1. The molecule has 0 bridgehead atoms. The standard InChI is InChI=1S/C11H15N4O/c1-2-4-15-5-3-8-6-13-11(10(12)16)14-9(8)7-15/h2-5,7H2,1H3,(H2,12,16). The maximum Gasteiger partial charge on any atom is 0.286 e. The zero-order valence-corrected chi connectivity index (χ0v) is 9.36. The maximum atomic E-state index is 11.0. The molecule has 5 heteroatoms. The van der Waals surface area contributed by atoms with Crippen molar-refractivity contribution in [3.05, 3.63) is 23.3 Å². The van der Waals surface area contributed by atoms with Gasteiger partial charge in [0.2, 0.25) is 5.82 Å². The highest BCUT2D eigenvalue weighted by Crippen LogP contribution is 2.15. The molecule has 1 amide bonds. The Morgan fingerprint density at radius 1 is 1.62 bits per heavy atom. The fourth-order valence-electron chi connectivity index (χ4n) is 1.91. The van der Waals surface area contributed by atoms with Gasteiger partial charge in [-0.15, -0.1) is 0 Å². The highest BCUT2D eigenvalue weighted by atomic mass is 16.1. The zero-order chi connectivity index (χ0) is 11.5. The van der Waals surface area contributed by atoms with Gasteiger partial charge in [-0.25, -0.2) is 9.97 Å². The molecule has 1 aliphatic rings. The smallest absolute Gasteiger partial charge is 0.286 e. The van der Waals surface area contributed by atoms with Gasteiger partial charge in [0.05, 0.1) is 11.9 Å². The average Bonchev–Trinajstić information content (AvgIpc) is 2.28. The van der Waals surface area contributed by atoms with Crippen LogP contribution in [-0.4, -0.2) is 33.9 Å². The summed E-state index contributed by atoms with van der Waals surface area (Å²) in [6.45, 7) is 4.98. The molecule has 1 aromatic rings. The molecule has 2 N–H and O–H groups in total. The number of fused-ring (bicyclic) bond motifs is 1. The first-order valence-electron chi connectivity index (χ1n) is 5.50. The molecule has 0 fully saturated rings. The molecule has 0 unspecified atom stereocenters. The lowest BCUT2D eigenvalue weighted by molar-refractivity contribution is 0.0989. The summed E-state index contributed by atoms with van der Waals surface area (Å²) in [5.41, 5.74) is 7.05. The van der Waals surface area contributed by atoms with Crippen LogP contribution in [0, 0.1) is 6.20 Å². The van der Waals surface area contributed by atoms with E-state index in [-0.39, 0.29) is 5.82 Å². The van der Waals surface area contributed by atoms with Crippen molar-refractivity contribution in [3.8, 4) is 0 Å². The Balaban J connectivity index is 2.21. The molecule has 2 rings (SSSR count). The predicted octanol–water partition coefficient (Wildman–Crippen LogP) is 0.144. The largest absolute Gasteiger partial charge is 0.363 e. The first kappa shape index (κ1) is 11.0. The lowest BCUT2D eigenvalue weighted by Crippen LogP contribution is -2.32. The third-order valence-corrected chi connectivity index (χ3v) is 2.70. The van der Waals surface area contributed by atoms with Crippen LogP contribution in [0.15, 0.2) is 0 Å². The third kappa shape index (κ3) is 2.19. The molecule has 0 atom stereocenters. The second kappa shape index (κ2) is 4.57. The van der Waals surface area contributed by atoms with Gasteiger partial charge < -0.3 is 5.73 Å². The van der Waals surface area contributed by atoms with E-state index in [9.17, 15) is 4.79 Å². The first-order chi connectivity index (χ1) is 7.70. The molecule has 2 heterocycles. The van der Waals surface area contributed by atoms with Crippen LogP contribution < -0.4 is 5.73 Å². The second-order valence-electron chi connectivity index (χ2n) is 3.97. The Bertz CT molecular complexity index is 405. The molecule has 85 valence electrons. The molecule has 1 radical (unpaired) electrons. The van der Waals surface area contributed by atoms with E-state index >= 15 is 0 Å². The third-order valence-electron chi connectivity index (χ3n) is 2.70.